The maximum Gasteiger partial charge on any atom is 0.268 e. The molecule has 3 rings (SSSR count). The van der Waals surface area contributed by atoms with Crippen molar-refractivity contribution in [1.82, 2.24) is 15.3 Å². The average Bonchev–Trinajstić information content (AvgIpc) is 3.20. The molecule has 0 radical (unpaired) electrons. The number of carbonyl (C=O) groups excluding carboxylic acids is 1. The number of rotatable bonds is 9. The van der Waals surface area contributed by atoms with Gasteiger partial charge >= 0.3 is 0 Å². The van der Waals surface area contributed by atoms with E-state index in [-0.39, 0.29) is 28.7 Å². The van der Waals surface area contributed by atoms with Gasteiger partial charge in [-0.15, -0.1) is 23.1 Å². The summed E-state index contributed by atoms with van der Waals surface area (Å²) in [6.07, 6.45) is 3.87. The van der Waals surface area contributed by atoms with Crippen LogP contribution in [0, 0.1) is 5.92 Å². The number of thiophene rings is 1. The largest absolute Gasteiger partial charge is 0.368 e. The molecule has 1 amide bonds. The van der Waals surface area contributed by atoms with Crippen LogP contribution in [0.4, 0.5) is 11.8 Å². The minimum atomic E-state index is -0.197. The number of carbonyl (C=O) groups is 1. The predicted octanol–water partition coefficient (Wildman–Crippen LogP) is 3.19. The summed E-state index contributed by atoms with van der Waals surface area (Å²) in [6, 6.07) is 4.11. The van der Waals surface area contributed by atoms with Gasteiger partial charge in [-0.2, -0.15) is 4.98 Å². The molecule has 0 aromatic carbocycles. The number of amides is 1. The van der Waals surface area contributed by atoms with Crippen LogP contribution in [0.3, 0.4) is 0 Å². The number of nitrogens with two attached hydrogens (primary N) is 1. The fourth-order valence-electron chi connectivity index (χ4n) is 3.23. The minimum absolute atomic E-state index is 0.00654. The average molecular weight is 451 g/mol. The lowest BCUT2D eigenvalue weighted by atomic mass is 10.0. The number of hydrazine groups is 1. The third-order valence-corrected chi connectivity index (χ3v) is 7.44. The third-order valence-electron chi connectivity index (χ3n) is 4.95. The molecule has 2 atom stereocenters. The molecule has 1 aliphatic rings. The topological polar surface area (TPSA) is 125 Å². The number of aryl methyl sites for hydroxylation is 1. The van der Waals surface area contributed by atoms with Crippen molar-refractivity contribution in [1.29, 1.82) is 0 Å². The van der Waals surface area contributed by atoms with E-state index in [9.17, 15) is 9.59 Å². The number of anilines is 2. The molecule has 0 saturated carbocycles. The smallest absolute Gasteiger partial charge is 0.268 e. The lowest BCUT2D eigenvalue weighted by Crippen LogP contribution is -2.32. The lowest BCUT2D eigenvalue weighted by molar-refractivity contribution is 0.0941. The van der Waals surface area contributed by atoms with E-state index < -0.39 is 0 Å². The van der Waals surface area contributed by atoms with Crippen LogP contribution in [0.25, 0.3) is 0 Å². The number of nitrogen functional groups attached to an aromatic ring is 1. The van der Waals surface area contributed by atoms with Crippen molar-refractivity contribution in [2.75, 3.05) is 17.3 Å². The van der Waals surface area contributed by atoms with E-state index in [0.717, 1.165) is 37.1 Å². The van der Waals surface area contributed by atoms with E-state index in [2.05, 4.69) is 46.8 Å². The second-order valence-corrected chi connectivity index (χ2v) is 10.5. The van der Waals surface area contributed by atoms with Crippen LogP contribution in [0.2, 0.25) is 0 Å². The molecule has 0 fully saturated rings. The van der Waals surface area contributed by atoms with Gasteiger partial charge in [-0.1, -0.05) is 13.8 Å². The minimum Gasteiger partial charge on any atom is -0.368 e. The Morgan fingerprint density at radius 1 is 1.33 bits per heavy atom. The quantitative estimate of drug-likeness (QED) is 0.293. The van der Waals surface area contributed by atoms with E-state index in [0.29, 0.717) is 16.6 Å². The van der Waals surface area contributed by atoms with Crippen molar-refractivity contribution in [3.8, 4) is 0 Å². The van der Waals surface area contributed by atoms with E-state index in [1.54, 1.807) is 11.3 Å². The molecule has 1 aliphatic heterocycles. The molecule has 3 heterocycles. The maximum atomic E-state index is 12.5. The number of nitrogens with zero attached hydrogens (tertiary/aromatic N) is 1. The summed E-state index contributed by atoms with van der Waals surface area (Å²) in [5.41, 5.74) is 2.17. The standard InChI is InChI=1S/C20H30N6O2S2/c1-11(2)4-5-12(3)23-18(27)15-9-8-13(29-15)6-7-14-10-22-17-16(30-14)19(28)25-20(24-17)26-21/h8-9,11-12,14H,4-7,10,21H2,1-3H3,(H,23,27)(H3,22,24,25,26,28)/t12?,14-/m0/s1. The molecule has 0 bridgehead atoms. The number of thioether (sulfide) groups is 1. The third kappa shape index (κ3) is 5.99. The molecule has 2 aromatic heterocycles. The van der Waals surface area contributed by atoms with Gasteiger partial charge in [0.25, 0.3) is 11.5 Å². The van der Waals surface area contributed by atoms with Crippen LogP contribution in [0.15, 0.2) is 21.8 Å². The van der Waals surface area contributed by atoms with Gasteiger partial charge in [0.05, 0.1) is 4.88 Å². The first-order chi connectivity index (χ1) is 14.4. The number of hydrogen-bond acceptors (Lipinski definition) is 8. The molecule has 0 saturated heterocycles. The van der Waals surface area contributed by atoms with Crippen molar-refractivity contribution < 1.29 is 4.79 Å². The number of fused-ring (bicyclic) bond motifs is 1. The number of hydrogen-bond donors (Lipinski definition) is 5. The van der Waals surface area contributed by atoms with E-state index in [4.69, 9.17) is 5.84 Å². The van der Waals surface area contributed by atoms with Crippen molar-refractivity contribution in [2.24, 2.45) is 11.8 Å². The van der Waals surface area contributed by atoms with Gasteiger partial charge in [0.2, 0.25) is 5.95 Å². The predicted molar refractivity (Wildman–Crippen MR) is 124 cm³/mol. The van der Waals surface area contributed by atoms with Crippen LogP contribution in [0.1, 0.15) is 54.6 Å². The zero-order chi connectivity index (χ0) is 21.7. The number of nitrogens with one attached hydrogen (secondary N) is 4. The Kier molecular flexibility index (Phi) is 7.79. The molecule has 0 aliphatic carbocycles. The fraction of sp³-hybridized carbons (Fsp3) is 0.550. The van der Waals surface area contributed by atoms with Crippen molar-refractivity contribution in [2.45, 2.75) is 62.6 Å². The Morgan fingerprint density at radius 2 is 2.13 bits per heavy atom. The first-order valence-corrected chi connectivity index (χ1v) is 12.0. The summed E-state index contributed by atoms with van der Waals surface area (Å²) in [5.74, 6) is 6.78. The molecule has 6 N–H and O–H groups in total. The lowest BCUT2D eigenvalue weighted by Gasteiger charge is -2.24. The highest BCUT2D eigenvalue weighted by molar-refractivity contribution is 8.00. The van der Waals surface area contributed by atoms with E-state index in [1.165, 1.54) is 16.6 Å². The van der Waals surface area contributed by atoms with Gasteiger partial charge in [0.1, 0.15) is 10.7 Å². The van der Waals surface area contributed by atoms with Crippen LogP contribution >= 0.6 is 23.1 Å². The fourth-order valence-corrected chi connectivity index (χ4v) is 5.28. The second kappa shape index (κ2) is 10.3. The van der Waals surface area contributed by atoms with Gasteiger partial charge < -0.3 is 10.6 Å². The van der Waals surface area contributed by atoms with Crippen molar-refractivity contribution in [3.05, 3.63) is 32.2 Å². The maximum absolute atomic E-state index is 12.5. The Morgan fingerprint density at radius 3 is 2.87 bits per heavy atom. The Bertz CT molecular complexity index is 926. The van der Waals surface area contributed by atoms with Crippen LogP contribution in [-0.2, 0) is 6.42 Å². The summed E-state index contributed by atoms with van der Waals surface area (Å²) in [4.78, 5) is 34.1. The SMILES string of the molecule is CC(C)CCC(C)NC(=O)c1ccc(CC[C@H]2CNc3nc(NN)[nH]c(=O)c3S2)s1. The summed E-state index contributed by atoms with van der Waals surface area (Å²) in [7, 11) is 0. The molecule has 8 nitrogen and oxygen atoms in total. The number of aromatic nitrogens is 2. The van der Waals surface area contributed by atoms with Crippen molar-refractivity contribution in [3.63, 3.8) is 0 Å². The second-order valence-electron chi connectivity index (χ2n) is 8.01. The molecular weight excluding hydrogens is 420 g/mol. The summed E-state index contributed by atoms with van der Waals surface area (Å²) in [6.45, 7) is 7.17. The van der Waals surface area contributed by atoms with Crippen LogP contribution in [0.5, 0.6) is 0 Å². The summed E-state index contributed by atoms with van der Waals surface area (Å²) in [5, 5.41) is 6.57. The first kappa shape index (κ1) is 22.6. The Balaban J connectivity index is 1.51. The highest BCUT2D eigenvalue weighted by Gasteiger charge is 2.23. The molecule has 10 heteroatoms. The van der Waals surface area contributed by atoms with Crippen LogP contribution in [-0.4, -0.2) is 33.7 Å². The summed E-state index contributed by atoms with van der Waals surface area (Å²) < 4.78 is 0. The van der Waals surface area contributed by atoms with E-state index in [1.807, 2.05) is 12.1 Å². The normalized spacial score (nSPS) is 16.6. The van der Waals surface area contributed by atoms with Crippen LogP contribution < -0.4 is 27.5 Å². The molecule has 0 spiro atoms. The zero-order valence-corrected chi connectivity index (χ0v) is 19.2. The first-order valence-electron chi connectivity index (χ1n) is 10.3. The van der Waals surface area contributed by atoms with Crippen molar-refractivity contribution >= 4 is 40.8 Å². The molecule has 1 unspecified atom stereocenters. The highest BCUT2D eigenvalue weighted by atomic mass is 32.2. The number of aromatic amines is 1. The Labute approximate surface area is 184 Å². The van der Waals surface area contributed by atoms with Gasteiger partial charge in [-0.05, 0) is 50.7 Å². The van der Waals surface area contributed by atoms with Gasteiger partial charge in [-0.3, -0.25) is 20.0 Å². The highest BCUT2D eigenvalue weighted by Crippen LogP contribution is 2.33. The molecule has 30 heavy (non-hydrogen) atoms. The molecular formula is C20H30N6O2S2. The Hall–Kier alpha value is -2.04. The number of H-pyrrole nitrogens is 1. The van der Waals surface area contributed by atoms with E-state index >= 15 is 0 Å². The van der Waals surface area contributed by atoms with Gasteiger partial charge in [0.15, 0.2) is 0 Å². The molecule has 164 valence electrons. The molecule has 2 aromatic rings. The monoisotopic (exact) mass is 450 g/mol. The summed E-state index contributed by atoms with van der Waals surface area (Å²) >= 11 is 3.08. The van der Waals surface area contributed by atoms with Gasteiger partial charge in [0, 0.05) is 22.7 Å². The zero-order valence-electron chi connectivity index (χ0n) is 17.6. The van der Waals surface area contributed by atoms with Gasteiger partial charge in [-0.25, -0.2) is 5.84 Å².